The molecule has 1 aromatic rings. The Morgan fingerprint density at radius 2 is 2.20 bits per heavy atom. The Labute approximate surface area is 155 Å². The summed E-state index contributed by atoms with van der Waals surface area (Å²) in [6.45, 7) is -0.857. The first-order valence-corrected chi connectivity index (χ1v) is 8.93. The molecule has 0 amide bonds. The van der Waals surface area contributed by atoms with Gasteiger partial charge in [-0.25, -0.2) is 4.39 Å². The maximum absolute atomic E-state index is 13.6. The number of nitrogens with zero attached hydrogens (tertiary/aromatic N) is 1. The van der Waals surface area contributed by atoms with Crippen LogP contribution in [0, 0.1) is 11.8 Å². The Morgan fingerprint density at radius 1 is 1.40 bits per heavy atom. The zero-order valence-corrected chi connectivity index (χ0v) is 15.1. The van der Waals surface area contributed by atoms with Gasteiger partial charge >= 0.3 is 0 Å². The van der Waals surface area contributed by atoms with Gasteiger partial charge in [0.2, 0.25) is 0 Å². The van der Waals surface area contributed by atoms with Gasteiger partial charge in [0.25, 0.3) is 0 Å². The van der Waals surface area contributed by atoms with Crippen LogP contribution in [0.2, 0.25) is 0 Å². The van der Waals surface area contributed by atoms with E-state index in [9.17, 15) is 9.50 Å². The van der Waals surface area contributed by atoms with Crippen molar-refractivity contribution in [2.24, 2.45) is 11.8 Å². The summed E-state index contributed by atoms with van der Waals surface area (Å²) in [5.41, 5.74) is 1.91. The van der Waals surface area contributed by atoms with Crippen molar-refractivity contribution < 1.29 is 24.5 Å². The lowest BCUT2D eigenvalue weighted by atomic mass is 9.79. The first-order valence-electron chi connectivity index (χ1n) is 10.9. The molecule has 5 heteroatoms. The highest BCUT2D eigenvalue weighted by Crippen LogP contribution is 2.43. The summed E-state index contributed by atoms with van der Waals surface area (Å²) in [4.78, 5) is 2.38. The van der Waals surface area contributed by atoms with Crippen LogP contribution in [0.15, 0.2) is 12.1 Å². The molecule has 0 saturated carbocycles. The van der Waals surface area contributed by atoms with E-state index in [1.807, 2.05) is 0 Å². The Balaban J connectivity index is 1.88. The van der Waals surface area contributed by atoms with E-state index >= 15 is 0 Å². The van der Waals surface area contributed by atoms with Crippen LogP contribution in [0.25, 0.3) is 0 Å². The molecule has 2 aliphatic heterocycles. The molecule has 0 unspecified atom stereocenters. The van der Waals surface area contributed by atoms with E-state index < -0.39 is 13.2 Å². The molecule has 2 heterocycles. The van der Waals surface area contributed by atoms with Crippen LogP contribution in [0.5, 0.6) is 11.5 Å². The number of methoxy groups -OCH3 is 1. The molecule has 0 radical (unpaired) electrons. The summed E-state index contributed by atoms with van der Waals surface area (Å²) >= 11 is 0. The SMILES string of the molecule is [2H]C([2H])([18F])C([2H])([2H])Oc1cc2c(cc1OC)[C@H]1C[C@H](O)[C@H](CC(C)C)CN1CC2. The van der Waals surface area contributed by atoms with Gasteiger partial charge in [-0.2, -0.15) is 0 Å². The van der Waals surface area contributed by atoms with E-state index in [1.165, 1.54) is 7.11 Å². The predicted octanol–water partition coefficient (Wildman–Crippen LogP) is 3.37. The normalized spacial score (nSPS) is 29.8. The monoisotopic (exact) mass is 354 g/mol. The molecule has 140 valence electrons. The van der Waals surface area contributed by atoms with Crippen molar-refractivity contribution in [2.75, 3.05) is 33.4 Å². The zero-order chi connectivity index (χ0) is 21.6. The van der Waals surface area contributed by atoms with Crippen LogP contribution in [0.3, 0.4) is 0 Å². The first-order chi connectivity index (χ1) is 13.4. The number of aliphatic hydroxyl groups is 1. The molecule has 3 rings (SSSR count). The molecule has 0 bridgehead atoms. The lowest BCUT2D eigenvalue weighted by Crippen LogP contribution is -2.48. The highest BCUT2D eigenvalue weighted by Gasteiger charge is 2.38. The molecule has 3 atom stereocenters. The van der Waals surface area contributed by atoms with Crippen molar-refractivity contribution >= 4 is 0 Å². The number of piperidine rings is 1. The second kappa shape index (κ2) is 7.92. The Bertz CT molecular complexity index is 741. The average molecular weight is 354 g/mol. The minimum atomic E-state index is -3.66. The number of ether oxygens (including phenoxy) is 2. The molecule has 1 aromatic carbocycles. The van der Waals surface area contributed by atoms with Crippen LogP contribution >= 0.6 is 0 Å². The lowest BCUT2D eigenvalue weighted by Gasteiger charge is -2.46. The van der Waals surface area contributed by atoms with E-state index in [1.54, 1.807) is 12.1 Å². The van der Waals surface area contributed by atoms with Gasteiger partial charge in [0, 0.05) is 19.1 Å². The third kappa shape index (κ3) is 3.93. The molecule has 0 aromatic heterocycles. The fraction of sp³-hybridized carbons (Fsp3) is 0.700. The van der Waals surface area contributed by atoms with E-state index in [0.29, 0.717) is 18.8 Å². The number of alkyl halides is 1. The molecule has 2 aliphatic rings. The van der Waals surface area contributed by atoms with E-state index in [0.717, 1.165) is 30.6 Å². The first kappa shape index (κ1) is 13.8. The molecule has 1 fully saturated rings. The highest BCUT2D eigenvalue weighted by molar-refractivity contribution is 5.49. The quantitative estimate of drug-likeness (QED) is 0.850. The summed E-state index contributed by atoms with van der Waals surface area (Å²) in [6.07, 6.45) is 1.91. The summed E-state index contributed by atoms with van der Waals surface area (Å²) in [5, 5.41) is 10.7. The molecule has 0 spiro atoms. The molecular formula is C20H30FNO3. The molecule has 1 N–H and O–H groups in total. The van der Waals surface area contributed by atoms with Crippen molar-refractivity contribution in [2.45, 2.75) is 45.3 Å². The number of fused-ring (bicyclic) bond motifs is 3. The predicted molar refractivity (Wildman–Crippen MR) is 96.1 cm³/mol. The fourth-order valence-electron chi connectivity index (χ4n) is 4.25. The smallest absolute Gasteiger partial charge is 0.161 e. The Kier molecular flexibility index (Phi) is 4.38. The maximum atomic E-state index is 13.6. The van der Waals surface area contributed by atoms with Gasteiger partial charge in [0.05, 0.1) is 18.7 Å². The maximum Gasteiger partial charge on any atom is 0.161 e. The molecule has 4 nitrogen and oxygen atoms in total. The van der Waals surface area contributed by atoms with Crippen LogP contribution in [-0.4, -0.2) is 49.5 Å². The molecule has 0 aliphatic carbocycles. The van der Waals surface area contributed by atoms with E-state index in [-0.39, 0.29) is 29.6 Å². The second-order valence-corrected chi connectivity index (χ2v) is 7.45. The van der Waals surface area contributed by atoms with Crippen molar-refractivity contribution in [3.63, 3.8) is 0 Å². The summed E-state index contributed by atoms with van der Waals surface area (Å²) in [6, 6.07) is 3.40. The van der Waals surface area contributed by atoms with Gasteiger partial charge in [-0.15, -0.1) is 0 Å². The fourth-order valence-corrected chi connectivity index (χ4v) is 4.25. The van der Waals surface area contributed by atoms with Crippen LogP contribution < -0.4 is 9.47 Å². The number of halogens is 1. The summed E-state index contributed by atoms with van der Waals surface area (Å²) in [5.74, 6) is 0.962. The average Bonchev–Trinajstić information content (AvgIpc) is 2.60. The largest absolute Gasteiger partial charge is 0.493 e. The molecular weight excluding hydrogens is 320 g/mol. The van der Waals surface area contributed by atoms with Gasteiger partial charge in [-0.05, 0) is 54.4 Å². The third-order valence-corrected chi connectivity index (χ3v) is 5.35. The summed E-state index contributed by atoms with van der Waals surface area (Å²) < 4.78 is 53.2. The zero-order valence-electron chi connectivity index (χ0n) is 19.1. The number of aliphatic hydroxyl groups excluding tert-OH is 1. The van der Waals surface area contributed by atoms with Crippen LogP contribution in [-0.2, 0) is 6.42 Å². The lowest BCUT2D eigenvalue weighted by molar-refractivity contribution is -0.0191. The minimum Gasteiger partial charge on any atom is -0.493 e. The van der Waals surface area contributed by atoms with Crippen molar-refractivity contribution in [1.29, 1.82) is 0 Å². The van der Waals surface area contributed by atoms with E-state index in [4.69, 9.17) is 15.0 Å². The summed E-state index contributed by atoms with van der Waals surface area (Å²) in [7, 11) is 1.41. The van der Waals surface area contributed by atoms with Crippen molar-refractivity contribution in [3.05, 3.63) is 23.3 Å². The van der Waals surface area contributed by atoms with Crippen molar-refractivity contribution in [3.8, 4) is 11.5 Å². The van der Waals surface area contributed by atoms with E-state index in [2.05, 4.69) is 18.7 Å². The molecule has 1 saturated heterocycles. The standard InChI is InChI=1S/C20H30FNO3/c1-13(2)8-15-12-22-6-4-14-9-20(25-7-5-21)19(24-3)10-16(14)17(22)11-18(15)23/h9-10,13,15,17-18,23H,4-8,11-12H2,1-3H3/t15-,17-,18+/m1/s1/i5D2,7D2,21-1. The van der Waals surface area contributed by atoms with Gasteiger partial charge in [-0.1, -0.05) is 13.8 Å². The molecule has 25 heavy (non-hydrogen) atoms. The van der Waals surface area contributed by atoms with Crippen LogP contribution in [0.1, 0.15) is 49.3 Å². The minimum absolute atomic E-state index is 0.0275. The number of hydrogen-bond acceptors (Lipinski definition) is 4. The van der Waals surface area contributed by atoms with Gasteiger partial charge in [-0.3, -0.25) is 4.90 Å². The van der Waals surface area contributed by atoms with Gasteiger partial charge < -0.3 is 14.6 Å². The number of benzene rings is 1. The van der Waals surface area contributed by atoms with Gasteiger partial charge in [0.15, 0.2) is 11.5 Å². The highest BCUT2D eigenvalue weighted by atomic mass is 18.2. The van der Waals surface area contributed by atoms with Crippen LogP contribution in [0.4, 0.5) is 4.39 Å². The number of hydrogen-bond donors (Lipinski definition) is 1. The van der Waals surface area contributed by atoms with Gasteiger partial charge in [0.1, 0.15) is 13.2 Å². The third-order valence-electron chi connectivity index (χ3n) is 5.35. The number of rotatable bonds is 6. The Morgan fingerprint density at radius 3 is 2.88 bits per heavy atom. The van der Waals surface area contributed by atoms with Crippen molar-refractivity contribution in [1.82, 2.24) is 4.90 Å². The Hall–Kier alpha value is -1.33. The topological polar surface area (TPSA) is 41.9 Å². The second-order valence-electron chi connectivity index (χ2n) is 7.45.